The minimum absolute atomic E-state index is 0.228. The number of fused-ring (bicyclic) bond motifs is 1. The topological polar surface area (TPSA) is 44.3 Å². The number of hydrogen-bond acceptors (Lipinski definition) is 2. The molecular formula is C17H12Cl2N2OS. The first-order valence-electron chi connectivity index (χ1n) is 6.78. The number of rotatable bonds is 2. The van der Waals surface area contributed by atoms with Gasteiger partial charge in [0.25, 0.3) is 0 Å². The lowest BCUT2D eigenvalue weighted by atomic mass is 10.1. The Labute approximate surface area is 148 Å². The lowest BCUT2D eigenvalue weighted by Crippen LogP contribution is -2.19. The molecule has 3 aromatic rings. The Morgan fingerprint density at radius 1 is 0.870 bits per heavy atom. The first-order chi connectivity index (χ1) is 11.0. The number of halogens is 2. The van der Waals surface area contributed by atoms with Crippen LogP contribution in [0.2, 0.25) is 10.0 Å². The lowest BCUT2D eigenvalue weighted by Gasteiger charge is -2.14. The van der Waals surface area contributed by atoms with Crippen molar-refractivity contribution in [2.75, 3.05) is 10.6 Å². The molecule has 0 atom stereocenters. The summed E-state index contributed by atoms with van der Waals surface area (Å²) in [7, 11) is 0. The fraction of sp³-hybridized carbons (Fsp3) is 0. The normalized spacial score (nSPS) is 10.5. The number of phenolic OH excluding ortho intramolecular Hbond substituents is 1. The fourth-order valence-corrected chi connectivity index (χ4v) is 2.94. The zero-order valence-electron chi connectivity index (χ0n) is 11.8. The van der Waals surface area contributed by atoms with E-state index in [-0.39, 0.29) is 5.75 Å². The van der Waals surface area contributed by atoms with Crippen LogP contribution in [0.25, 0.3) is 10.8 Å². The Balaban J connectivity index is 1.85. The maximum absolute atomic E-state index is 9.92. The number of nitrogens with one attached hydrogen (secondary N) is 2. The SMILES string of the molecule is Oc1cccc2c(NC(=S)Nc3ccc(Cl)cc3Cl)cccc12. The molecule has 0 heterocycles. The molecule has 0 aliphatic carbocycles. The zero-order chi connectivity index (χ0) is 16.4. The predicted octanol–water partition coefficient (Wildman–Crippen LogP) is 5.66. The molecule has 3 aromatic carbocycles. The zero-order valence-corrected chi connectivity index (χ0v) is 14.1. The maximum atomic E-state index is 9.92. The maximum Gasteiger partial charge on any atom is 0.175 e. The van der Waals surface area contributed by atoms with Crippen LogP contribution < -0.4 is 10.6 Å². The van der Waals surface area contributed by atoms with Gasteiger partial charge < -0.3 is 15.7 Å². The number of benzene rings is 3. The number of thiocarbonyl (C=S) groups is 1. The Morgan fingerprint density at radius 2 is 1.57 bits per heavy atom. The van der Waals surface area contributed by atoms with E-state index in [0.29, 0.717) is 20.8 Å². The van der Waals surface area contributed by atoms with E-state index in [9.17, 15) is 5.11 Å². The largest absolute Gasteiger partial charge is 0.507 e. The highest BCUT2D eigenvalue weighted by Crippen LogP contribution is 2.30. The van der Waals surface area contributed by atoms with Gasteiger partial charge in [-0.15, -0.1) is 0 Å². The molecule has 0 aliphatic heterocycles. The van der Waals surface area contributed by atoms with Crippen molar-refractivity contribution in [1.82, 2.24) is 0 Å². The van der Waals surface area contributed by atoms with Gasteiger partial charge >= 0.3 is 0 Å². The van der Waals surface area contributed by atoms with Gasteiger partial charge in [0.2, 0.25) is 0 Å². The van der Waals surface area contributed by atoms with Crippen molar-refractivity contribution in [3.8, 4) is 5.75 Å². The monoisotopic (exact) mass is 362 g/mol. The van der Waals surface area contributed by atoms with Gasteiger partial charge in [0.05, 0.1) is 10.7 Å². The molecule has 0 radical (unpaired) electrons. The van der Waals surface area contributed by atoms with Crippen LogP contribution in [0.5, 0.6) is 5.75 Å². The van der Waals surface area contributed by atoms with Gasteiger partial charge in [0, 0.05) is 21.5 Å². The van der Waals surface area contributed by atoms with E-state index in [1.807, 2.05) is 24.3 Å². The van der Waals surface area contributed by atoms with Gasteiger partial charge in [-0.2, -0.15) is 0 Å². The van der Waals surface area contributed by atoms with Gasteiger partial charge in [-0.1, -0.05) is 47.5 Å². The van der Waals surface area contributed by atoms with Crippen molar-refractivity contribution in [2.24, 2.45) is 0 Å². The molecule has 3 nitrogen and oxygen atoms in total. The summed E-state index contributed by atoms with van der Waals surface area (Å²) in [6.45, 7) is 0. The standard InChI is InChI=1S/C17H12Cl2N2OS/c18-10-7-8-15(13(19)9-10)21-17(23)20-14-5-1-4-12-11(14)3-2-6-16(12)22/h1-9,22H,(H2,20,21,23). The Hall–Kier alpha value is -2.01. The third-order valence-corrected chi connectivity index (χ3v) is 4.08. The molecule has 6 heteroatoms. The predicted molar refractivity (Wildman–Crippen MR) is 102 cm³/mol. The summed E-state index contributed by atoms with van der Waals surface area (Å²) < 4.78 is 0. The van der Waals surface area contributed by atoms with Crippen LogP contribution in [0.1, 0.15) is 0 Å². The molecule has 0 fully saturated rings. The van der Waals surface area contributed by atoms with Crippen molar-refractivity contribution in [3.05, 3.63) is 64.6 Å². The fourth-order valence-electron chi connectivity index (χ4n) is 2.27. The Kier molecular flexibility index (Phi) is 4.57. The quantitative estimate of drug-likeness (QED) is 0.514. The minimum atomic E-state index is 0.228. The third-order valence-electron chi connectivity index (χ3n) is 3.33. The van der Waals surface area contributed by atoms with Gasteiger partial charge in [-0.3, -0.25) is 0 Å². The van der Waals surface area contributed by atoms with Crippen LogP contribution in [-0.2, 0) is 0 Å². The summed E-state index contributed by atoms with van der Waals surface area (Å²) in [6, 6.07) is 16.1. The summed E-state index contributed by atoms with van der Waals surface area (Å²) in [5, 5.41) is 19.1. The summed E-state index contributed by atoms with van der Waals surface area (Å²) in [6.07, 6.45) is 0. The van der Waals surface area contributed by atoms with E-state index >= 15 is 0 Å². The van der Waals surface area contributed by atoms with E-state index < -0.39 is 0 Å². The van der Waals surface area contributed by atoms with Crippen LogP contribution in [-0.4, -0.2) is 10.2 Å². The summed E-state index contributed by atoms with van der Waals surface area (Å²) in [4.78, 5) is 0. The number of anilines is 2. The molecule has 3 rings (SSSR count). The van der Waals surface area contributed by atoms with Gasteiger partial charge in [0.15, 0.2) is 5.11 Å². The molecular weight excluding hydrogens is 351 g/mol. The summed E-state index contributed by atoms with van der Waals surface area (Å²) >= 11 is 17.3. The molecule has 0 bridgehead atoms. The van der Waals surface area contributed by atoms with Gasteiger partial charge in [-0.25, -0.2) is 0 Å². The van der Waals surface area contributed by atoms with Crippen LogP contribution in [0.3, 0.4) is 0 Å². The Bertz CT molecular complexity index is 899. The number of aromatic hydroxyl groups is 1. The molecule has 23 heavy (non-hydrogen) atoms. The van der Waals surface area contributed by atoms with E-state index in [1.165, 1.54) is 0 Å². The number of hydrogen-bond donors (Lipinski definition) is 3. The lowest BCUT2D eigenvalue weighted by molar-refractivity contribution is 0.481. The molecule has 0 aliphatic rings. The van der Waals surface area contributed by atoms with Crippen LogP contribution in [0.15, 0.2) is 54.6 Å². The van der Waals surface area contributed by atoms with Crippen molar-refractivity contribution in [3.63, 3.8) is 0 Å². The average molecular weight is 363 g/mol. The van der Waals surface area contributed by atoms with Crippen molar-refractivity contribution >= 4 is 62.7 Å². The van der Waals surface area contributed by atoms with E-state index in [2.05, 4.69) is 10.6 Å². The molecule has 0 saturated carbocycles. The second kappa shape index (κ2) is 6.62. The van der Waals surface area contributed by atoms with Crippen LogP contribution in [0.4, 0.5) is 11.4 Å². The molecule has 0 saturated heterocycles. The third kappa shape index (κ3) is 3.50. The van der Waals surface area contributed by atoms with Crippen LogP contribution in [0, 0.1) is 0 Å². The van der Waals surface area contributed by atoms with Gasteiger partial charge in [-0.05, 0) is 42.5 Å². The highest BCUT2D eigenvalue weighted by molar-refractivity contribution is 7.80. The molecule has 0 amide bonds. The average Bonchev–Trinajstić information content (AvgIpc) is 2.51. The summed E-state index contributed by atoms with van der Waals surface area (Å²) in [5.74, 6) is 0.228. The Morgan fingerprint density at radius 3 is 2.35 bits per heavy atom. The molecule has 116 valence electrons. The smallest absolute Gasteiger partial charge is 0.175 e. The van der Waals surface area contributed by atoms with Crippen molar-refractivity contribution in [2.45, 2.75) is 0 Å². The second-order valence-electron chi connectivity index (χ2n) is 4.88. The molecule has 3 N–H and O–H groups in total. The highest BCUT2D eigenvalue weighted by atomic mass is 35.5. The molecule has 0 aromatic heterocycles. The van der Waals surface area contributed by atoms with E-state index in [4.69, 9.17) is 35.4 Å². The van der Waals surface area contributed by atoms with Crippen molar-refractivity contribution < 1.29 is 5.11 Å². The second-order valence-corrected chi connectivity index (χ2v) is 6.13. The first-order valence-corrected chi connectivity index (χ1v) is 7.95. The molecule has 0 unspecified atom stereocenters. The first kappa shape index (κ1) is 15.9. The highest BCUT2D eigenvalue weighted by Gasteiger charge is 2.07. The van der Waals surface area contributed by atoms with Crippen LogP contribution >= 0.6 is 35.4 Å². The van der Waals surface area contributed by atoms with E-state index in [1.54, 1.807) is 30.3 Å². The van der Waals surface area contributed by atoms with E-state index in [0.717, 1.165) is 16.5 Å². The van der Waals surface area contributed by atoms with Crippen molar-refractivity contribution in [1.29, 1.82) is 0 Å². The van der Waals surface area contributed by atoms with Gasteiger partial charge in [0.1, 0.15) is 5.75 Å². The molecule has 0 spiro atoms. The number of phenols is 1. The minimum Gasteiger partial charge on any atom is -0.507 e. The summed E-state index contributed by atoms with van der Waals surface area (Å²) in [5.41, 5.74) is 1.46.